The van der Waals surface area contributed by atoms with E-state index in [1.165, 1.54) is 13.4 Å². The largest absolute Gasteiger partial charge is 0.493 e. The molecule has 1 aliphatic rings. The number of methoxy groups -OCH3 is 1. The number of esters is 1. The number of carbonyl (C=O) groups is 1. The Morgan fingerprint density at radius 3 is 2.67 bits per heavy atom. The van der Waals surface area contributed by atoms with Crippen molar-refractivity contribution in [2.24, 2.45) is 5.41 Å². The SMILES string of the molecule is COC(=O)c1occ2cc(B3OCC(C)(C)CO3)ccc12. The van der Waals surface area contributed by atoms with E-state index in [9.17, 15) is 4.79 Å². The predicted molar refractivity (Wildman–Crippen MR) is 78.6 cm³/mol. The highest BCUT2D eigenvalue weighted by Gasteiger charge is 2.33. The molecule has 0 atom stereocenters. The van der Waals surface area contributed by atoms with Crippen molar-refractivity contribution in [3.8, 4) is 0 Å². The Labute approximate surface area is 123 Å². The number of hydrogen-bond acceptors (Lipinski definition) is 5. The molecular formula is C15H17BO5. The Hall–Kier alpha value is -1.79. The van der Waals surface area contributed by atoms with Crippen molar-refractivity contribution in [3.05, 3.63) is 30.2 Å². The molecule has 0 N–H and O–H groups in total. The average Bonchev–Trinajstić information content (AvgIpc) is 2.89. The van der Waals surface area contributed by atoms with Gasteiger partial charge in [0.25, 0.3) is 0 Å². The van der Waals surface area contributed by atoms with E-state index in [1.54, 1.807) is 0 Å². The minimum Gasteiger partial charge on any atom is -0.463 e. The first kappa shape index (κ1) is 14.2. The summed E-state index contributed by atoms with van der Waals surface area (Å²) in [6.07, 6.45) is 1.54. The van der Waals surface area contributed by atoms with Crippen LogP contribution in [0.4, 0.5) is 0 Å². The van der Waals surface area contributed by atoms with Crippen LogP contribution < -0.4 is 5.46 Å². The van der Waals surface area contributed by atoms with Crippen molar-refractivity contribution in [2.75, 3.05) is 20.3 Å². The van der Waals surface area contributed by atoms with Gasteiger partial charge in [-0.25, -0.2) is 4.79 Å². The van der Waals surface area contributed by atoms with Gasteiger partial charge >= 0.3 is 13.1 Å². The van der Waals surface area contributed by atoms with Gasteiger partial charge in [0.2, 0.25) is 5.76 Å². The van der Waals surface area contributed by atoms with Crippen LogP contribution in [-0.4, -0.2) is 33.4 Å². The van der Waals surface area contributed by atoms with E-state index in [2.05, 4.69) is 13.8 Å². The molecule has 0 aliphatic carbocycles. The van der Waals surface area contributed by atoms with E-state index in [0.29, 0.717) is 13.2 Å². The molecule has 1 saturated heterocycles. The number of rotatable bonds is 2. The summed E-state index contributed by atoms with van der Waals surface area (Å²) in [4.78, 5) is 11.6. The summed E-state index contributed by atoms with van der Waals surface area (Å²) in [5.41, 5.74) is 0.948. The Morgan fingerprint density at radius 1 is 1.29 bits per heavy atom. The van der Waals surface area contributed by atoms with Gasteiger partial charge in [-0.3, -0.25) is 0 Å². The molecule has 21 heavy (non-hydrogen) atoms. The van der Waals surface area contributed by atoms with Crippen molar-refractivity contribution < 1.29 is 23.3 Å². The molecule has 0 spiro atoms. The van der Waals surface area contributed by atoms with Gasteiger partial charge in [-0.05, 0) is 5.46 Å². The zero-order valence-electron chi connectivity index (χ0n) is 12.3. The fourth-order valence-corrected chi connectivity index (χ4v) is 2.35. The lowest BCUT2D eigenvalue weighted by atomic mass is 9.75. The highest BCUT2D eigenvalue weighted by molar-refractivity contribution is 6.61. The summed E-state index contributed by atoms with van der Waals surface area (Å²) >= 11 is 0. The minimum absolute atomic E-state index is 0.0360. The fraction of sp³-hybridized carbons (Fsp3) is 0.400. The van der Waals surface area contributed by atoms with Gasteiger partial charge in [0.1, 0.15) is 0 Å². The number of benzene rings is 1. The maximum absolute atomic E-state index is 11.6. The molecule has 1 aromatic heterocycles. The Bertz CT molecular complexity index is 666. The van der Waals surface area contributed by atoms with Gasteiger partial charge < -0.3 is 18.5 Å². The summed E-state index contributed by atoms with van der Waals surface area (Å²) in [5, 5.41) is 1.55. The molecule has 2 aromatic rings. The molecule has 0 amide bonds. The summed E-state index contributed by atoms with van der Waals surface area (Å²) in [6.45, 7) is 5.50. The van der Waals surface area contributed by atoms with E-state index < -0.39 is 5.97 Å². The van der Waals surface area contributed by atoms with Crippen LogP contribution in [0.15, 0.2) is 28.9 Å². The van der Waals surface area contributed by atoms with Crippen LogP contribution in [0.2, 0.25) is 0 Å². The zero-order valence-corrected chi connectivity index (χ0v) is 12.3. The lowest BCUT2D eigenvalue weighted by Crippen LogP contribution is -2.47. The molecule has 1 aromatic carbocycles. The summed E-state index contributed by atoms with van der Waals surface area (Å²) in [6, 6.07) is 5.62. The number of carbonyl (C=O) groups excluding carboxylic acids is 1. The smallest absolute Gasteiger partial charge is 0.463 e. The predicted octanol–water partition coefficient (Wildman–Crippen LogP) is 1.99. The van der Waals surface area contributed by atoms with E-state index in [-0.39, 0.29) is 18.3 Å². The highest BCUT2D eigenvalue weighted by atomic mass is 16.6. The molecule has 0 bridgehead atoms. The second-order valence-electron chi connectivity index (χ2n) is 6.02. The first-order valence-electron chi connectivity index (χ1n) is 6.83. The van der Waals surface area contributed by atoms with Crippen LogP contribution in [-0.2, 0) is 14.0 Å². The summed E-state index contributed by atoms with van der Waals surface area (Å²) in [5.74, 6) is -0.268. The molecule has 2 heterocycles. The normalized spacial score (nSPS) is 18.0. The first-order valence-corrected chi connectivity index (χ1v) is 6.83. The van der Waals surface area contributed by atoms with Gasteiger partial charge in [-0.2, -0.15) is 0 Å². The van der Waals surface area contributed by atoms with Crippen LogP contribution in [0.25, 0.3) is 10.8 Å². The second kappa shape index (κ2) is 5.20. The maximum Gasteiger partial charge on any atom is 0.493 e. The minimum atomic E-state index is -0.482. The molecular weight excluding hydrogens is 271 g/mol. The quantitative estimate of drug-likeness (QED) is 0.624. The van der Waals surface area contributed by atoms with Gasteiger partial charge in [0.05, 0.1) is 13.4 Å². The van der Waals surface area contributed by atoms with Crippen LogP contribution in [0.5, 0.6) is 0 Å². The lowest BCUT2D eigenvalue weighted by molar-refractivity contribution is 0.0343. The summed E-state index contributed by atoms with van der Waals surface area (Å²) in [7, 11) is 0.954. The van der Waals surface area contributed by atoms with Crippen LogP contribution in [0.3, 0.4) is 0 Å². The monoisotopic (exact) mass is 288 g/mol. The zero-order chi connectivity index (χ0) is 15.0. The Kier molecular flexibility index (Phi) is 3.51. The highest BCUT2D eigenvalue weighted by Crippen LogP contribution is 2.24. The van der Waals surface area contributed by atoms with Gasteiger partial charge in [0, 0.05) is 29.4 Å². The Balaban J connectivity index is 1.87. The average molecular weight is 288 g/mol. The molecule has 3 rings (SSSR count). The van der Waals surface area contributed by atoms with Crippen molar-refractivity contribution in [2.45, 2.75) is 13.8 Å². The summed E-state index contributed by atoms with van der Waals surface area (Å²) < 4.78 is 21.5. The fourth-order valence-electron chi connectivity index (χ4n) is 2.35. The molecule has 0 saturated carbocycles. The van der Waals surface area contributed by atoms with E-state index in [4.69, 9.17) is 18.5 Å². The molecule has 110 valence electrons. The topological polar surface area (TPSA) is 57.9 Å². The first-order chi connectivity index (χ1) is 10.00. The third-order valence-electron chi connectivity index (χ3n) is 3.52. The standard InChI is InChI=1S/C15H17BO5/c1-15(2)8-20-16(21-9-15)11-4-5-12-10(6-11)7-19-13(12)14(17)18-3/h4-7H,8-9H2,1-3H3. The van der Waals surface area contributed by atoms with Crippen molar-refractivity contribution in [1.29, 1.82) is 0 Å². The number of ether oxygens (including phenoxy) is 1. The third-order valence-corrected chi connectivity index (χ3v) is 3.52. The van der Waals surface area contributed by atoms with Crippen molar-refractivity contribution >= 4 is 29.3 Å². The van der Waals surface area contributed by atoms with Crippen molar-refractivity contribution in [3.63, 3.8) is 0 Å². The van der Waals surface area contributed by atoms with Crippen LogP contribution >= 0.6 is 0 Å². The molecule has 5 nitrogen and oxygen atoms in total. The van der Waals surface area contributed by atoms with E-state index in [1.807, 2.05) is 18.2 Å². The molecule has 0 unspecified atom stereocenters. The Morgan fingerprint density at radius 2 is 2.00 bits per heavy atom. The molecule has 1 fully saturated rings. The molecule has 6 heteroatoms. The van der Waals surface area contributed by atoms with Crippen LogP contribution in [0.1, 0.15) is 24.4 Å². The van der Waals surface area contributed by atoms with Gasteiger partial charge in [0.15, 0.2) is 0 Å². The van der Waals surface area contributed by atoms with Gasteiger partial charge in [-0.1, -0.05) is 32.0 Å². The second-order valence-corrected chi connectivity index (χ2v) is 6.02. The van der Waals surface area contributed by atoms with Crippen molar-refractivity contribution in [1.82, 2.24) is 0 Å². The van der Waals surface area contributed by atoms with Gasteiger partial charge in [-0.15, -0.1) is 0 Å². The molecule has 0 radical (unpaired) electrons. The number of hydrogen-bond donors (Lipinski definition) is 0. The van der Waals surface area contributed by atoms with E-state index >= 15 is 0 Å². The lowest BCUT2D eigenvalue weighted by Gasteiger charge is -2.33. The third kappa shape index (κ3) is 2.69. The van der Waals surface area contributed by atoms with E-state index in [0.717, 1.165) is 16.2 Å². The van der Waals surface area contributed by atoms with Crippen LogP contribution in [0, 0.1) is 5.41 Å². The number of furan rings is 1. The number of fused-ring (bicyclic) bond motifs is 1. The maximum atomic E-state index is 11.6. The molecule has 1 aliphatic heterocycles.